The fraction of sp³-hybridized carbons (Fsp3) is 0.522. The second kappa shape index (κ2) is 8.69. The smallest absolute Gasteiger partial charge is 0.310 e. The van der Waals surface area contributed by atoms with Crippen molar-refractivity contribution >= 4 is 51.0 Å². The Labute approximate surface area is 205 Å². The summed E-state index contributed by atoms with van der Waals surface area (Å²) < 4.78 is 6.25. The summed E-state index contributed by atoms with van der Waals surface area (Å²) in [5.41, 5.74) is -0.0735. The summed E-state index contributed by atoms with van der Waals surface area (Å²) in [5, 5.41) is 20.2. The molecule has 2 bridgehead atoms. The highest BCUT2D eigenvalue weighted by Gasteiger charge is 2.77. The van der Waals surface area contributed by atoms with Crippen LogP contribution in [0.4, 0.5) is 5.69 Å². The zero-order valence-corrected chi connectivity index (χ0v) is 20.6. The lowest BCUT2D eigenvalue weighted by Gasteiger charge is -2.39. The zero-order valence-electron chi connectivity index (χ0n) is 18.3. The maximum atomic E-state index is 14.2. The molecule has 0 radical (unpaired) electrons. The molecular weight excluding hydrogens is 516 g/mol. The highest BCUT2D eigenvalue weighted by atomic mass is 79.9. The van der Waals surface area contributed by atoms with Gasteiger partial charge in [0.25, 0.3) is 5.91 Å². The van der Waals surface area contributed by atoms with Crippen LogP contribution in [0.15, 0.2) is 30.9 Å². The van der Waals surface area contributed by atoms with Gasteiger partial charge in [-0.15, -0.1) is 6.58 Å². The van der Waals surface area contributed by atoms with Gasteiger partial charge in [0.2, 0.25) is 5.91 Å². The number of hydrogen-bond donors (Lipinski definition) is 2. The largest absolute Gasteiger partial charge is 0.481 e. The molecule has 0 saturated carbocycles. The molecule has 0 aromatic heterocycles. The Bertz CT molecular complexity index is 1000. The van der Waals surface area contributed by atoms with E-state index < -0.39 is 53.4 Å². The Morgan fingerprint density at radius 2 is 2.18 bits per heavy atom. The summed E-state index contributed by atoms with van der Waals surface area (Å²) >= 11 is 9.99. The molecule has 7 atom stereocenters. The molecule has 33 heavy (non-hydrogen) atoms. The molecule has 3 unspecified atom stereocenters. The number of aryl methyl sites for hydroxylation is 1. The quantitative estimate of drug-likeness (QED) is 0.405. The van der Waals surface area contributed by atoms with Gasteiger partial charge in [-0.2, -0.15) is 0 Å². The monoisotopic (exact) mass is 540 g/mol. The number of carboxylic acids is 1. The minimum atomic E-state index is -1.33. The Morgan fingerprint density at radius 1 is 1.48 bits per heavy atom. The molecule has 0 aliphatic carbocycles. The third-order valence-electron chi connectivity index (χ3n) is 7.02. The summed E-state index contributed by atoms with van der Waals surface area (Å²) in [6, 6.07) is 3.44. The molecule has 1 aromatic rings. The van der Waals surface area contributed by atoms with Gasteiger partial charge in [0, 0.05) is 11.4 Å². The van der Waals surface area contributed by atoms with E-state index in [1.807, 2.05) is 13.0 Å². The number of para-hydroxylation sites is 1. The topological polar surface area (TPSA) is 107 Å². The normalized spacial score (nSPS) is 33.2. The van der Waals surface area contributed by atoms with E-state index in [0.717, 1.165) is 5.56 Å². The molecule has 3 saturated heterocycles. The number of carbonyl (C=O) groups is 3. The Morgan fingerprint density at radius 3 is 2.76 bits per heavy atom. The van der Waals surface area contributed by atoms with Gasteiger partial charge in [-0.3, -0.25) is 14.4 Å². The first kappa shape index (κ1) is 24.2. The van der Waals surface area contributed by atoms with Crippen molar-refractivity contribution in [2.45, 2.75) is 48.9 Å². The lowest BCUT2D eigenvalue weighted by Crippen LogP contribution is -2.59. The average molecular weight is 542 g/mol. The third-order valence-corrected chi connectivity index (χ3v) is 8.17. The van der Waals surface area contributed by atoms with E-state index in [4.69, 9.17) is 16.3 Å². The van der Waals surface area contributed by atoms with Crippen LogP contribution in [0.1, 0.15) is 18.9 Å². The van der Waals surface area contributed by atoms with Crippen molar-refractivity contribution in [1.29, 1.82) is 0 Å². The molecule has 1 aromatic carbocycles. The molecule has 3 heterocycles. The number of likely N-dealkylation sites (tertiary alicyclic amines) is 1. The summed E-state index contributed by atoms with van der Waals surface area (Å²) in [6.45, 7) is 6.96. The van der Waals surface area contributed by atoms with Crippen molar-refractivity contribution in [1.82, 2.24) is 4.90 Å². The van der Waals surface area contributed by atoms with Gasteiger partial charge in [-0.1, -0.05) is 45.7 Å². The Hall–Kier alpha value is -1.94. The minimum absolute atomic E-state index is 0.125. The van der Waals surface area contributed by atoms with E-state index in [1.54, 1.807) is 25.1 Å². The zero-order chi connectivity index (χ0) is 24.2. The number of benzene rings is 1. The van der Waals surface area contributed by atoms with Gasteiger partial charge in [0.05, 0.1) is 41.3 Å². The van der Waals surface area contributed by atoms with Crippen LogP contribution in [0, 0.1) is 18.8 Å². The Balaban J connectivity index is 1.87. The van der Waals surface area contributed by atoms with Crippen LogP contribution < -0.4 is 4.90 Å². The maximum Gasteiger partial charge on any atom is 0.310 e. The van der Waals surface area contributed by atoms with Crippen molar-refractivity contribution < 1.29 is 29.3 Å². The van der Waals surface area contributed by atoms with E-state index in [0.29, 0.717) is 17.1 Å². The van der Waals surface area contributed by atoms with Crippen LogP contribution in [0.3, 0.4) is 0 Å². The number of carbonyl (C=O) groups excluding carboxylic acids is 2. The summed E-state index contributed by atoms with van der Waals surface area (Å²) in [6.07, 6.45) is 1.13. The van der Waals surface area contributed by atoms with Crippen molar-refractivity contribution in [2.75, 3.05) is 18.1 Å². The summed E-state index contributed by atoms with van der Waals surface area (Å²) in [5.74, 6) is -4.18. The molecule has 10 heteroatoms. The SMILES string of the molecule is C=CCN(C(=O)C1N([C@H](C)CO)C(=O)[C@@H]2[C@@H](C(=O)O)[C@@H]3OC12CC3Br)c1c(C)cccc1Cl. The number of amides is 2. The number of aliphatic carboxylic acids is 1. The molecule has 2 amide bonds. The molecule has 8 nitrogen and oxygen atoms in total. The number of aliphatic hydroxyl groups excluding tert-OH is 1. The van der Waals surface area contributed by atoms with Crippen molar-refractivity contribution in [2.24, 2.45) is 11.8 Å². The number of aliphatic hydroxyl groups is 1. The first-order valence-electron chi connectivity index (χ1n) is 10.8. The molecule has 3 aliphatic rings. The van der Waals surface area contributed by atoms with Gasteiger partial charge in [-0.05, 0) is 31.9 Å². The van der Waals surface area contributed by atoms with E-state index in [9.17, 15) is 24.6 Å². The summed E-state index contributed by atoms with van der Waals surface area (Å²) in [4.78, 5) is 42.4. The Kier molecular flexibility index (Phi) is 6.37. The van der Waals surface area contributed by atoms with Crippen LogP contribution >= 0.6 is 27.5 Å². The third kappa shape index (κ3) is 3.43. The average Bonchev–Trinajstić information content (AvgIpc) is 3.35. The van der Waals surface area contributed by atoms with Crippen molar-refractivity contribution in [3.63, 3.8) is 0 Å². The number of rotatable bonds is 7. The first-order chi connectivity index (χ1) is 15.6. The predicted molar refractivity (Wildman–Crippen MR) is 125 cm³/mol. The van der Waals surface area contributed by atoms with E-state index in [2.05, 4.69) is 22.5 Å². The van der Waals surface area contributed by atoms with Crippen LogP contribution in [0.2, 0.25) is 5.02 Å². The van der Waals surface area contributed by atoms with Crippen LogP contribution in [-0.4, -0.2) is 74.7 Å². The van der Waals surface area contributed by atoms with Gasteiger partial charge in [0.15, 0.2) is 0 Å². The standard InChI is InChI=1S/C23H26BrClN2O6/c1-4-8-26(17-11(2)6-5-7-14(17)25)21(30)19-23-9-13(24)18(33-23)15(22(31)32)16(23)20(29)27(19)12(3)10-28/h4-7,12-13,15-16,18-19,28H,1,8-10H2,2-3H3,(H,31,32)/t12-,13?,15-,16+,18-,19?,23?/m1/s1. The lowest BCUT2D eigenvalue weighted by atomic mass is 9.70. The minimum Gasteiger partial charge on any atom is -0.481 e. The fourth-order valence-electron chi connectivity index (χ4n) is 5.72. The second-order valence-electron chi connectivity index (χ2n) is 8.92. The number of alkyl halides is 1. The number of ether oxygens (including phenoxy) is 1. The number of halogens is 2. The fourth-order valence-corrected chi connectivity index (χ4v) is 6.99. The number of carboxylic acid groups (broad SMARTS) is 1. The van der Waals surface area contributed by atoms with Gasteiger partial charge in [0.1, 0.15) is 11.6 Å². The van der Waals surface area contributed by atoms with Crippen molar-refractivity contribution in [3.05, 3.63) is 41.4 Å². The van der Waals surface area contributed by atoms with Gasteiger partial charge in [-0.25, -0.2) is 0 Å². The lowest BCUT2D eigenvalue weighted by molar-refractivity contribution is -0.150. The molecule has 3 fully saturated rings. The highest BCUT2D eigenvalue weighted by Crippen LogP contribution is 2.60. The molecular formula is C23H26BrClN2O6. The molecule has 4 rings (SSSR count). The number of anilines is 1. The van der Waals surface area contributed by atoms with Crippen LogP contribution in [0.25, 0.3) is 0 Å². The maximum absolute atomic E-state index is 14.2. The highest BCUT2D eigenvalue weighted by molar-refractivity contribution is 9.09. The van der Waals surface area contributed by atoms with Gasteiger partial charge >= 0.3 is 5.97 Å². The summed E-state index contributed by atoms with van der Waals surface area (Å²) in [7, 11) is 0. The molecule has 2 N–H and O–H groups in total. The number of hydrogen-bond acceptors (Lipinski definition) is 5. The van der Waals surface area contributed by atoms with E-state index >= 15 is 0 Å². The van der Waals surface area contributed by atoms with Crippen LogP contribution in [-0.2, 0) is 19.1 Å². The van der Waals surface area contributed by atoms with E-state index in [1.165, 1.54) is 9.80 Å². The van der Waals surface area contributed by atoms with E-state index in [-0.39, 0.29) is 18.0 Å². The first-order valence-corrected chi connectivity index (χ1v) is 12.0. The van der Waals surface area contributed by atoms with Crippen molar-refractivity contribution in [3.8, 4) is 0 Å². The molecule has 178 valence electrons. The second-order valence-corrected chi connectivity index (χ2v) is 10.5. The molecule has 1 spiro atoms. The number of fused-ring (bicyclic) bond motifs is 1. The molecule has 3 aliphatic heterocycles. The van der Waals surface area contributed by atoms with Gasteiger partial charge < -0.3 is 24.7 Å². The number of nitrogens with zero attached hydrogens (tertiary/aromatic N) is 2. The van der Waals surface area contributed by atoms with Crippen LogP contribution in [0.5, 0.6) is 0 Å². The predicted octanol–water partition coefficient (Wildman–Crippen LogP) is 2.38.